The van der Waals surface area contributed by atoms with Crippen LogP contribution in [-0.4, -0.2) is 70.1 Å². The van der Waals surface area contributed by atoms with E-state index in [-0.39, 0.29) is 18.4 Å². The highest BCUT2D eigenvalue weighted by Gasteiger charge is 2.24. The van der Waals surface area contributed by atoms with E-state index in [0.717, 1.165) is 37.6 Å². The van der Waals surface area contributed by atoms with Gasteiger partial charge in [-0.2, -0.15) is 0 Å². The van der Waals surface area contributed by atoms with E-state index in [1.54, 1.807) is 32.6 Å². The van der Waals surface area contributed by atoms with Crippen LogP contribution in [0.3, 0.4) is 0 Å². The Bertz CT molecular complexity index is 801. The number of amides is 2. The molecular weight excluding hydrogens is 372 g/mol. The second-order valence-corrected chi connectivity index (χ2v) is 7.22. The molecule has 2 aromatic rings. The maximum atomic E-state index is 12.5. The number of carbonyl (C=O) groups excluding carboxylic acids is 2. The van der Waals surface area contributed by atoms with Crippen molar-refractivity contribution in [2.24, 2.45) is 0 Å². The molecule has 1 fully saturated rings. The van der Waals surface area contributed by atoms with Gasteiger partial charge in [-0.05, 0) is 24.3 Å². The summed E-state index contributed by atoms with van der Waals surface area (Å²) in [5, 5.41) is 2.76. The Balaban J connectivity index is 1.39. The van der Waals surface area contributed by atoms with E-state index in [1.165, 1.54) is 9.80 Å². The topological polar surface area (TPSA) is 79.5 Å². The molecule has 1 saturated heterocycles. The second kappa shape index (κ2) is 9.97. The summed E-state index contributed by atoms with van der Waals surface area (Å²) < 4.78 is 10.5. The number of quaternary nitrogens is 1. The number of hydrogen-bond acceptors (Lipinski definition) is 5. The first-order valence-corrected chi connectivity index (χ1v) is 9.81. The van der Waals surface area contributed by atoms with Gasteiger partial charge in [0.05, 0.1) is 52.6 Å². The summed E-state index contributed by atoms with van der Waals surface area (Å²) in [6, 6.07) is 11.6. The summed E-state index contributed by atoms with van der Waals surface area (Å²) >= 11 is 0. The molecule has 0 atom stereocenters. The largest absolute Gasteiger partial charge is 0.497 e. The van der Waals surface area contributed by atoms with E-state index in [0.29, 0.717) is 18.8 Å². The quantitative estimate of drug-likeness (QED) is 0.639. The van der Waals surface area contributed by atoms with Gasteiger partial charge in [-0.1, -0.05) is 6.07 Å². The number of carbonyl (C=O) groups is 2. The van der Waals surface area contributed by atoms with E-state index in [2.05, 4.69) is 16.3 Å². The Morgan fingerprint density at radius 2 is 2.03 bits per heavy atom. The number of nitrogens with one attached hydrogen (secondary N) is 2. The van der Waals surface area contributed by atoms with Gasteiger partial charge in [0.1, 0.15) is 11.5 Å². The van der Waals surface area contributed by atoms with Gasteiger partial charge in [-0.25, -0.2) is 0 Å². The molecule has 2 heterocycles. The Kier molecular flexibility index (Phi) is 7.13. The van der Waals surface area contributed by atoms with Crippen molar-refractivity contribution in [3.63, 3.8) is 0 Å². The number of methoxy groups -OCH3 is 1. The van der Waals surface area contributed by atoms with E-state index >= 15 is 0 Å². The number of furan rings is 1. The number of likely N-dealkylation sites (N-methyl/N-ethyl adjacent to an activating group) is 1. The summed E-state index contributed by atoms with van der Waals surface area (Å²) in [6.07, 6.45) is 1.56. The van der Waals surface area contributed by atoms with E-state index in [9.17, 15) is 9.59 Å². The molecule has 0 spiro atoms. The maximum absolute atomic E-state index is 12.5. The van der Waals surface area contributed by atoms with Gasteiger partial charge >= 0.3 is 0 Å². The van der Waals surface area contributed by atoms with Crippen LogP contribution < -0.4 is 19.9 Å². The molecule has 1 aromatic heterocycles. The van der Waals surface area contributed by atoms with Crippen molar-refractivity contribution in [2.45, 2.75) is 6.54 Å². The SMILES string of the molecule is COc1cccc(N2CC[NH+](CC(=O)N(C)CC(=O)NCc3ccco3)CC2)c1. The first-order chi connectivity index (χ1) is 14.0. The Hall–Kier alpha value is -3.00. The van der Waals surface area contributed by atoms with Gasteiger partial charge in [-0.15, -0.1) is 0 Å². The van der Waals surface area contributed by atoms with Crippen molar-refractivity contribution in [1.29, 1.82) is 0 Å². The maximum Gasteiger partial charge on any atom is 0.277 e. The highest BCUT2D eigenvalue weighted by atomic mass is 16.5. The molecule has 3 rings (SSSR count). The third kappa shape index (κ3) is 5.99. The molecule has 2 amide bonds. The zero-order valence-corrected chi connectivity index (χ0v) is 17.0. The molecule has 0 bridgehead atoms. The lowest BCUT2D eigenvalue weighted by Gasteiger charge is -2.34. The van der Waals surface area contributed by atoms with Gasteiger partial charge < -0.3 is 29.2 Å². The van der Waals surface area contributed by atoms with Gasteiger partial charge in [0, 0.05) is 18.8 Å². The molecule has 0 unspecified atom stereocenters. The molecule has 0 aliphatic carbocycles. The number of hydrogen-bond donors (Lipinski definition) is 2. The molecular formula is C21H29N4O4+. The molecule has 1 aromatic carbocycles. The molecule has 1 aliphatic heterocycles. The average Bonchev–Trinajstić information content (AvgIpc) is 3.26. The van der Waals surface area contributed by atoms with Crippen LogP contribution in [0.25, 0.3) is 0 Å². The summed E-state index contributed by atoms with van der Waals surface area (Å²) in [5.74, 6) is 1.31. The van der Waals surface area contributed by atoms with E-state index < -0.39 is 0 Å². The number of benzene rings is 1. The lowest BCUT2D eigenvalue weighted by molar-refractivity contribution is -0.892. The molecule has 0 radical (unpaired) electrons. The van der Waals surface area contributed by atoms with Crippen LogP contribution in [0.5, 0.6) is 5.75 Å². The highest BCUT2D eigenvalue weighted by Crippen LogP contribution is 2.20. The number of rotatable bonds is 8. The smallest absolute Gasteiger partial charge is 0.277 e. The highest BCUT2D eigenvalue weighted by molar-refractivity contribution is 5.84. The molecule has 156 valence electrons. The van der Waals surface area contributed by atoms with Crippen molar-refractivity contribution in [3.8, 4) is 5.75 Å². The summed E-state index contributed by atoms with van der Waals surface area (Å²) in [7, 11) is 3.33. The van der Waals surface area contributed by atoms with Crippen molar-refractivity contribution in [1.82, 2.24) is 10.2 Å². The normalized spacial score (nSPS) is 14.5. The average molecular weight is 401 g/mol. The molecule has 0 saturated carbocycles. The molecule has 2 N–H and O–H groups in total. The Labute approximate surface area is 171 Å². The van der Waals surface area contributed by atoms with Crippen LogP contribution in [-0.2, 0) is 16.1 Å². The monoisotopic (exact) mass is 401 g/mol. The van der Waals surface area contributed by atoms with Crippen molar-refractivity contribution in [3.05, 3.63) is 48.4 Å². The zero-order chi connectivity index (χ0) is 20.6. The lowest BCUT2D eigenvalue weighted by Crippen LogP contribution is -3.15. The fourth-order valence-electron chi connectivity index (χ4n) is 3.37. The van der Waals surface area contributed by atoms with Crippen molar-refractivity contribution >= 4 is 17.5 Å². The minimum atomic E-state index is -0.199. The number of anilines is 1. The van der Waals surface area contributed by atoms with Gasteiger partial charge in [0.25, 0.3) is 5.91 Å². The van der Waals surface area contributed by atoms with Crippen LogP contribution in [0.1, 0.15) is 5.76 Å². The van der Waals surface area contributed by atoms with Crippen LogP contribution in [0.4, 0.5) is 5.69 Å². The lowest BCUT2D eigenvalue weighted by atomic mass is 10.2. The minimum absolute atomic E-state index is 0.0250. The summed E-state index contributed by atoms with van der Waals surface area (Å²) in [5.41, 5.74) is 1.14. The van der Waals surface area contributed by atoms with Gasteiger partial charge in [0.15, 0.2) is 6.54 Å². The summed E-state index contributed by atoms with van der Waals surface area (Å²) in [6.45, 7) is 4.28. The number of ether oxygens (including phenoxy) is 1. The van der Waals surface area contributed by atoms with Gasteiger partial charge in [-0.3, -0.25) is 9.59 Å². The number of piperazine rings is 1. The minimum Gasteiger partial charge on any atom is -0.497 e. The third-order valence-corrected chi connectivity index (χ3v) is 5.14. The van der Waals surface area contributed by atoms with Crippen LogP contribution >= 0.6 is 0 Å². The number of nitrogens with zero attached hydrogens (tertiary/aromatic N) is 2. The molecule has 8 heteroatoms. The molecule has 1 aliphatic rings. The Morgan fingerprint density at radius 3 is 2.72 bits per heavy atom. The van der Waals surface area contributed by atoms with Crippen molar-refractivity contribution in [2.75, 3.05) is 58.3 Å². The fraction of sp³-hybridized carbons (Fsp3) is 0.429. The first-order valence-electron chi connectivity index (χ1n) is 9.81. The predicted molar refractivity (Wildman–Crippen MR) is 109 cm³/mol. The summed E-state index contributed by atoms with van der Waals surface area (Å²) in [4.78, 5) is 29.5. The molecule has 8 nitrogen and oxygen atoms in total. The van der Waals surface area contributed by atoms with Crippen LogP contribution in [0, 0.1) is 0 Å². The fourth-order valence-corrected chi connectivity index (χ4v) is 3.37. The van der Waals surface area contributed by atoms with E-state index in [1.807, 2.05) is 18.2 Å². The van der Waals surface area contributed by atoms with Crippen molar-refractivity contribution < 1.29 is 23.6 Å². The predicted octanol–water partition coefficient (Wildman–Crippen LogP) is -0.232. The van der Waals surface area contributed by atoms with Gasteiger partial charge in [0.2, 0.25) is 5.91 Å². The standard InChI is InChI=1S/C21H28N4O4/c1-23(15-20(26)22-14-19-7-4-12-29-19)21(27)16-24-8-10-25(11-9-24)17-5-3-6-18(13-17)28-2/h3-7,12-13H,8-11,14-16H2,1-2H3,(H,22,26)/p+1. The van der Waals surface area contributed by atoms with Crippen LogP contribution in [0.2, 0.25) is 0 Å². The Morgan fingerprint density at radius 1 is 1.24 bits per heavy atom. The molecule has 29 heavy (non-hydrogen) atoms. The second-order valence-electron chi connectivity index (χ2n) is 7.22. The van der Waals surface area contributed by atoms with Crippen LogP contribution in [0.15, 0.2) is 47.1 Å². The zero-order valence-electron chi connectivity index (χ0n) is 17.0. The third-order valence-electron chi connectivity index (χ3n) is 5.14. The van der Waals surface area contributed by atoms with E-state index in [4.69, 9.17) is 9.15 Å². The first kappa shape index (κ1) is 20.7.